The van der Waals surface area contributed by atoms with Gasteiger partial charge in [-0.05, 0) is 0 Å². The Kier molecular flexibility index (Phi) is 5.25. The zero-order valence-corrected chi connectivity index (χ0v) is 12.2. The molecule has 0 saturated heterocycles. The van der Waals surface area contributed by atoms with Gasteiger partial charge in [0.1, 0.15) is 0 Å². The normalized spacial score (nSPS) is 11.4. The highest BCUT2D eigenvalue weighted by atomic mass is 16.5. The average Bonchev–Trinajstić information content (AvgIpc) is 3.05. The standard InChI is InChI=1S/C13H21N5O2/c1-10(2)13-16-12(17-20-13)8-18-7-11(15-9-18)6-14-4-5-19-3/h7,9-10,14H,4-6,8H2,1-3H3. The molecule has 2 aromatic heterocycles. The van der Waals surface area contributed by atoms with Crippen LogP contribution in [0.15, 0.2) is 17.0 Å². The summed E-state index contributed by atoms with van der Waals surface area (Å²) in [5.74, 6) is 1.59. The van der Waals surface area contributed by atoms with E-state index < -0.39 is 0 Å². The lowest BCUT2D eigenvalue weighted by atomic mass is 10.2. The van der Waals surface area contributed by atoms with E-state index in [9.17, 15) is 0 Å². The minimum atomic E-state index is 0.250. The summed E-state index contributed by atoms with van der Waals surface area (Å²) in [6.07, 6.45) is 3.75. The van der Waals surface area contributed by atoms with E-state index in [1.807, 2.05) is 24.6 Å². The van der Waals surface area contributed by atoms with E-state index in [2.05, 4.69) is 20.4 Å². The maximum absolute atomic E-state index is 5.18. The van der Waals surface area contributed by atoms with Crippen LogP contribution in [0.5, 0.6) is 0 Å². The molecule has 0 bridgehead atoms. The first-order chi connectivity index (χ1) is 9.69. The molecule has 0 fully saturated rings. The third-order valence-electron chi connectivity index (χ3n) is 2.78. The van der Waals surface area contributed by atoms with Gasteiger partial charge in [0.05, 0.1) is 25.2 Å². The molecule has 2 rings (SSSR count). The summed E-state index contributed by atoms with van der Waals surface area (Å²) in [6, 6.07) is 0. The van der Waals surface area contributed by atoms with Crippen molar-refractivity contribution in [1.82, 2.24) is 25.0 Å². The Morgan fingerprint density at radius 2 is 2.30 bits per heavy atom. The van der Waals surface area contributed by atoms with Crippen LogP contribution in [0.3, 0.4) is 0 Å². The topological polar surface area (TPSA) is 78.0 Å². The summed E-state index contributed by atoms with van der Waals surface area (Å²) in [5, 5.41) is 7.21. The largest absolute Gasteiger partial charge is 0.383 e. The molecule has 0 radical (unpaired) electrons. The number of imidazole rings is 1. The Bertz CT molecular complexity index is 520. The molecule has 0 saturated carbocycles. The van der Waals surface area contributed by atoms with Crippen LogP contribution in [0.1, 0.15) is 37.2 Å². The number of hydrogen-bond donors (Lipinski definition) is 1. The van der Waals surface area contributed by atoms with E-state index in [-0.39, 0.29) is 5.92 Å². The van der Waals surface area contributed by atoms with E-state index >= 15 is 0 Å². The molecule has 0 aliphatic rings. The third kappa shape index (κ3) is 4.14. The van der Waals surface area contributed by atoms with E-state index in [0.717, 1.165) is 18.8 Å². The Hall–Kier alpha value is -1.73. The summed E-state index contributed by atoms with van der Waals surface area (Å²) in [5.41, 5.74) is 0.980. The molecule has 7 heteroatoms. The van der Waals surface area contributed by atoms with Crippen molar-refractivity contribution >= 4 is 0 Å². The minimum absolute atomic E-state index is 0.250. The van der Waals surface area contributed by atoms with Gasteiger partial charge < -0.3 is 19.1 Å². The van der Waals surface area contributed by atoms with Gasteiger partial charge in [-0.2, -0.15) is 4.98 Å². The molecule has 110 valence electrons. The summed E-state index contributed by atoms with van der Waals surface area (Å²) in [7, 11) is 1.69. The lowest BCUT2D eigenvalue weighted by Crippen LogP contribution is -2.18. The Balaban J connectivity index is 1.85. The van der Waals surface area contributed by atoms with Crippen molar-refractivity contribution in [2.75, 3.05) is 20.3 Å². The van der Waals surface area contributed by atoms with Gasteiger partial charge in [0.2, 0.25) is 5.89 Å². The maximum atomic E-state index is 5.18. The van der Waals surface area contributed by atoms with Crippen LogP contribution < -0.4 is 5.32 Å². The molecule has 0 spiro atoms. The van der Waals surface area contributed by atoms with Crippen molar-refractivity contribution in [3.8, 4) is 0 Å². The molecule has 0 amide bonds. The SMILES string of the molecule is COCCNCc1cn(Cc2noc(C(C)C)n2)cn1. The van der Waals surface area contributed by atoms with Gasteiger partial charge in [-0.15, -0.1) is 0 Å². The summed E-state index contributed by atoms with van der Waals surface area (Å²) < 4.78 is 12.1. The molecule has 0 aromatic carbocycles. The highest BCUT2D eigenvalue weighted by molar-refractivity contribution is 4.99. The van der Waals surface area contributed by atoms with E-state index in [1.165, 1.54) is 0 Å². The number of hydrogen-bond acceptors (Lipinski definition) is 6. The van der Waals surface area contributed by atoms with Gasteiger partial charge in [0.25, 0.3) is 0 Å². The molecular weight excluding hydrogens is 258 g/mol. The van der Waals surface area contributed by atoms with Crippen LogP contribution in [0.2, 0.25) is 0 Å². The second-order valence-corrected chi connectivity index (χ2v) is 4.91. The lowest BCUT2D eigenvalue weighted by Gasteiger charge is -2.00. The van der Waals surface area contributed by atoms with Gasteiger partial charge in [-0.25, -0.2) is 4.98 Å². The number of nitrogens with one attached hydrogen (secondary N) is 1. The fourth-order valence-corrected chi connectivity index (χ4v) is 1.70. The molecule has 0 aliphatic heterocycles. The van der Waals surface area contributed by atoms with Crippen molar-refractivity contribution in [2.24, 2.45) is 0 Å². The first kappa shape index (κ1) is 14.7. The van der Waals surface area contributed by atoms with Crippen LogP contribution in [-0.4, -0.2) is 40.0 Å². The van der Waals surface area contributed by atoms with Gasteiger partial charge in [-0.1, -0.05) is 19.0 Å². The Morgan fingerprint density at radius 1 is 1.45 bits per heavy atom. The second-order valence-electron chi connectivity index (χ2n) is 4.91. The smallest absolute Gasteiger partial charge is 0.229 e. The van der Waals surface area contributed by atoms with Crippen LogP contribution in [0.25, 0.3) is 0 Å². The fraction of sp³-hybridized carbons (Fsp3) is 0.615. The van der Waals surface area contributed by atoms with Gasteiger partial charge in [0, 0.05) is 32.3 Å². The van der Waals surface area contributed by atoms with Crippen LogP contribution >= 0.6 is 0 Å². The first-order valence-electron chi connectivity index (χ1n) is 6.72. The van der Waals surface area contributed by atoms with Crippen molar-refractivity contribution in [3.05, 3.63) is 29.9 Å². The number of methoxy groups -OCH3 is 1. The number of rotatable bonds is 8. The van der Waals surface area contributed by atoms with Crippen LogP contribution in [-0.2, 0) is 17.8 Å². The lowest BCUT2D eigenvalue weighted by molar-refractivity contribution is 0.199. The molecule has 20 heavy (non-hydrogen) atoms. The number of ether oxygens (including phenoxy) is 1. The quantitative estimate of drug-likeness (QED) is 0.731. The van der Waals surface area contributed by atoms with Gasteiger partial charge in [0.15, 0.2) is 5.82 Å². The number of nitrogens with zero attached hydrogens (tertiary/aromatic N) is 4. The predicted octanol–water partition coefficient (Wildman–Crippen LogP) is 1.17. The van der Waals surface area contributed by atoms with Gasteiger partial charge >= 0.3 is 0 Å². The summed E-state index contributed by atoms with van der Waals surface area (Å²) in [4.78, 5) is 8.67. The van der Waals surface area contributed by atoms with Crippen molar-refractivity contribution in [3.63, 3.8) is 0 Å². The number of aromatic nitrogens is 4. The first-order valence-corrected chi connectivity index (χ1v) is 6.72. The fourth-order valence-electron chi connectivity index (χ4n) is 1.70. The zero-order chi connectivity index (χ0) is 14.4. The van der Waals surface area contributed by atoms with Gasteiger partial charge in [-0.3, -0.25) is 0 Å². The van der Waals surface area contributed by atoms with E-state index in [4.69, 9.17) is 9.26 Å². The Labute approximate surface area is 118 Å². The molecule has 2 heterocycles. The van der Waals surface area contributed by atoms with Crippen LogP contribution in [0.4, 0.5) is 0 Å². The molecule has 0 unspecified atom stereocenters. The molecule has 1 N–H and O–H groups in total. The summed E-state index contributed by atoms with van der Waals surface area (Å²) >= 11 is 0. The monoisotopic (exact) mass is 279 g/mol. The summed E-state index contributed by atoms with van der Waals surface area (Å²) in [6.45, 7) is 6.85. The minimum Gasteiger partial charge on any atom is -0.383 e. The molecular formula is C13H21N5O2. The van der Waals surface area contributed by atoms with Crippen molar-refractivity contribution in [2.45, 2.75) is 32.9 Å². The molecule has 2 aromatic rings. The van der Waals surface area contributed by atoms with Crippen molar-refractivity contribution < 1.29 is 9.26 Å². The molecule has 7 nitrogen and oxygen atoms in total. The Morgan fingerprint density at radius 3 is 3.00 bits per heavy atom. The zero-order valence-electron chi connectivity index (χ0n) is 12.2. The van der Waals surface area contributed by atoms with E-state index in [1.54, 1.807) is 13.4 Å². The predicted molar refractivity (Wildman–Crippen MR) is 73.3 cm³/mol. The van der Waals surface area contributed by atoms with E-state index in [0.29, 0.717) is 24.9 Å². The van der Waals surface area contributed by atoms with Crippen LogP contribution in [0, 0.1) is 0 Å². The molecule has 0 aliphatic carbocycles. The van der Waals surface area contributed by atoms with Crippen molar-refractivity contribution in [1.29, 1.82) is 0 Å². The highest BCUT2D eigenvalue weighted by Crippen LogP contribution is 2.11. The third-order valence-corrected chi connectivity index (χ3v) is 2.78. The molecule has 0 atom stereocenters. The maximum Gasteiger partial charge on any atom is 0.229 e. The second kappa shape index (κ2) is 7.16. The highest BCUT2D eigenvalue weighted by Gasteiger charge is 2.10. The average molecular weight is 279 g/mol.